The van der Waals surface area contributed by atoms with E-state index in [4.69, 9.17) is 9.26 Å². The number of hydrogen-bond acceptors (Lipinski definition) is 9. The van der Waals surface area contributed by atoms with E-state index in [1.54, 1.807) is 55.3 Å². The van der Waals surface area contributed by atoms with Crippen molar-refractivity contribution in [2.45, 2.75) is 82.2 Å². The lowest BCUT2D eigenvalue weighted by Gasteiger charge is -2.42. The van der Waals surface area contributed by atoms with Gasteiger partial charge < -0.3 is 24.4 Å². The highest BCUT2D eigenvalue weighted by Gasteiger charge is 2.47. The van der Waals surface area contributed by atoms with Crippen LogP contribution in [-0.2, 0) is 29.8 Å². The first-order valence-electron chi connectivity index (χ1n) is 18.2. The van der Waals surface area contributed by atoms with Crippen LogP contribution in [-0.4, -0.2) is 82.3 Å². The van der Waals surface area contributed by atoms with Gasteiger partial charge >= 0.3 is 13.5 Å². The third kappa shape index (κ3) is 8.17. The van der Waals surface area contributed by atoms with Gasteiger partial charge in [0.15, 0.2) is 0 Å². The second-order valence-electron chi connectivity index (χ2n) is 14.0. The molecule has 2 N–H and O–H groups in total. The lowest BCUT2D eigenvalue weighted by atomic mass is 9.92. The van der Waals surface area contributed by atoms with E-state index in [0.717, 1.165) is 34.9 Å². The van der Waals surface area contributed by atoms with E-state index in [1.807, 2.05) is 47.5 Å². The van der Waals surface area contributed by atoms with Crippen LogP contribution in [0.2, 0.25) is 0 Å². The van der Waals surface area contributed by atoms with E-state index in [2.05, 4.69) is 15.4 Å². The number of amides is 3. The molecule has 3 amide bonds. The van der Waals surface area contributed by atoms with Crippen LogP contribution in [0.15, 0.2) is 79.1 Å². The van der Waals surface area contributed by atoms with Crippen molar-refractivity contribution >= 4 is 52.6 Å². The van der Waals surface area contributed by atoms with E-state index in [9.17, 15) is 23.7 Å². The molecule has 5 atom stereocenters. The fraction of sp³-hybridized carbons (Fsp3) is 0.410. The molecule has 3 aliphatic rings. The van der Waals surface area contributed by atoms with Crippen LogP contribution in [0.25, 0.3) is 10.1 Å². The Morgan fingerprint density at radius 3 is 2.58 bits per heavy atom. The maximum Gasteiger partial charge on any atom is 0.323 e. The Kier molecular flexibility index (Phi) is 11.0. The Balaban J connectivity index is 1.02. The number of nitrogens with one attached hydrogen (secondary N) is 2. The number of nitrogens with zero attached hydrogens (tertiary/aromatic N) is 3. The molecule has 14 heteroatoms. The average Bonchev–Trinajstić information content (AvgIpc) is 3.72. The van der Waals surface area contributed by atoms with E-state index in [0.29, 0.717) is 42.1 Å². The Morgan fingerprint density at radius 2 is 1.83 bits per heavy atom. The van der Waals surface area contributed by atoms with Crippen LogP contribution >= 0.6 is 18.9 Å². The number of carbonyl (C=O) groups excluding carboxylic acids is 4. The molecule has 4 aromatic rings. The highest BCUT2D eigenvalue weighted by atomic mass is 32.1. The van der Waals surface area contributed by atoms with Crippen LogP contribution in [0.3, 0.4) is 0 Å². The molecular formula is C39H44N5O7PS. The molecule has 12 nitrogen and oxygen atoms in total. The minimum Gasteiger partial charge on any atom is -0.465 e. The van der Waals surface area contributed by atoms with E-state index >= 15 is 0 Å². The average molecular weight is 758 g/mol. The molecule has 53 heavy (non-hydrogen) atoms. The molecule has 1 unspecified atom stereocenters. The summed E-state index contributed by atoms with van der Waals surface area (Å²) in [6.07, 6.45) is 7.05. The number of aromatic nitrogens is 1. The SMILES string of the molecule is CCOC(=O)[C@H](C)NP(=O)(Cc1ccc2sc(C(=O)N[C@H]3CCC[C@H]4CC[C@@H](C(=O)N5CC(c6cccnc6)C5)N4C3=O)cc2c1)Oc1ccccc1. The first-order chi connectivity index (χ1) is 25.6. The molecule has 3 saturated heterocycles. The highest BCUT2D eigenvalue weighted by molar-refractivity contribution is 7.56. The molecule has 2 aromatic heterocycles. The standard InChI is InChI=1S/C39H44N5O7PS/c1-3-50-39(48)25(2)42-52(49,51-31-11-5-4-6-12-31)24-26-14-17-34-28(19-26)20-35(53-34)36(45)41-32-13-7-10-30-15-16-33(44(30)37(32)46)38(47)43-22-29(23-43)27-9-8-18-40-21-27/h4-6,8-9,11-12,14,17-21,25,29-30,32-33H,3,7,10,13,15-16,22-24H2,1-2H3,(H,41,45)(H,42,49)/t25-,30-,32-,33-,52?/m0/s1. The molecule has 0 saturated carbocycles. The zero-order chi connectivity index (χ0) is 37.1. The van der Waals surface area contributed by atoms with Crippen molar-refractivity contribution in [3.05, 3.63) is 95.1 Å². The molecule has 0 radical (unpaired) electrons. The number of benzene rings is 2. The Hall–Kier alpha value is -4.58. The lowest BCUT2D eigenvalue weighted by molar-refractivity contribution is -0.148. The number of carbonyl (C=O) groups is 4. The maximum absolute atomic E-state index is 14.2. The summed E-state index contributed by atoms with van der Waals surface area (Å²) >= 11 is 1.31. The molecule has 0 aliphatic carbocycles. The van der Waals surface area contributed by atoms with Gasteiger partial charge in [-0.15, -0.1) is 11.3 Å². The van der Waals surface area contributed by atoms with Crippen molar-refractivity contribution in [1.82, 2.24) is 25.2 Å². The molecule has 0 bridgehead atoms. The number of hydrogen-bond donors (Lipinski definition) is 2. The molecule has 3 fully saturated rings. The number of fused-ring (bicyclic) bond motifs is 2. The van der Waals surface area contributed by atoms with Crippen LogP contribution < -0.4 is 14.9 Å². The minimum absolute atomic E-state index is 0.00638. The van der Waals surface area contributed by atoms with Gasteiger partial charge in [-0.25, -0.2) is 5.09 Å². The Morgan fingerprint density at radius 1 is 1.02 bits per heavy atom. The zero-order valence-corrected chi connectivity index (χ0v) is 31.5. The van der Waals surface area contributed by atoms with E-state index in [-0.39, 0.29) is 42.5 Å². The van der Waals surface area contributed by atoms with Crippen LogP contribution in [0.1, 0.15) is 72.7 Å². The van der Waals surface area contributed by atoms with E-state index < -0.39 is 31.6 Å². The third-order valence-electron chi connectivity index (χ3n) is 10.2. The first kappa shape index (κ1) is 36.8. The van der Waals surface area contributed by atoms with Crippen LogP contribution in [0, 0.1) is 0 Å². The summed E-state index contributed by atoms with van der Waals surface area (Å²) in [6.45, 7) is 4.71. The van der Waals surface area contributed by atoms with Gasteiger partial charge in [0.05, 0.1) is 17.6 Å². The molecule has 278 valence electrons. The number of para-hydroxylation sites is 1. The van der Waals surface area contributed by atoms with Crippen molar-refractivity contribution in [1.29, 1.82) is 0 Å². The van der Waals surface area contributed by atoms with Crippen molar-refractivity contribution in [3.63, 3.8) is 0 Å². The smallest absolute Gasteiger partial charge is 0.323 e. The van der Waals surface area contributed by atoms with Crippen molar-refractivity contribution < 1.29 is 33.0 Å². The predicted octanol–water partition coefficient (Wildman–Crippen LogP) is 5.88. The number of rotatable bonds is 12. The quantitative estimate of drug-likeness (QED) is 0.134. The minimum atomic E-state index is -3.66. The summed E-state index contributed by atoms with van der Waals surface area (Å²) in [5.74, 6) is -0.446. The zero-order valence-electron chi connectivity index (χ0n) is 29.8. The molecule has 3 aliphatic heterocycles. The normalized spacial score (nSPS) is 21.9. The summed E-state index contributed by atoms with van der Waals surface area (Å²) in [5, 5.41) is 6.66. The fourth-order valence-corrected chi connectivity index (χ4v) is 10.6. The predicted molar refractivity (Wildman–Crippen MR) is 202 cm³/mol. The first-order valence-corrected chi connectivity index (χ1v) is 20.9. The van der Waals surface area contributed by atoms with Gasteiger partial charge in [-0.2, -0.15) is 0 Å². The van der Waals surface area contributed by atoms with Gasteiger partial charge in [0.25, 0.3) is 5.91 Å². The largest absolute Gasteiger partial charge is 0.465 e. The summed E-state index contributed by atoms with van der Waals surface area (Å²) in [6, 6.07) is 17.9. The summed E-state index contributed by atoms with van der Waals surface area (Å²) in [4.78, 5) is 62.0. The highest BCUT2D eigenvalue weighted by Crippen LogP contribution is 2.47. The molecule has 0 spiro atoms. The van der Waals surface area contributed by atoms with Crippen LogP contribution in [0.5, 0.6) is 5.75 Å². The lowest BCUT2D eigenvalue weighted by Crippen LogP contribution is -2.58. The van der Waals surface area contributed by atoms with Gasteiger partial charge in [-0.1, -0.05) is 30.3 Å². The molecule has 7 rings (SSSR count). The van der Waals surface area contributed by atoms with Gasteiger partial charge in [0, 0.05) is 42.1 Å². The van der Waals surface area contributed by atoms with E-state index in [1.165, 1.54) is 11.3 Å². The molecule has 5 heterocycles. The number of likely N-dealkylation sites (tertiary alicyclic amines) is 1. The van der Waals surface area contributed by atoms with Gasteiger partial charge in [-0.05, 0) is 98.9 Å². The Labute approximate surface area is 312 Å². The second kappa shape index (κ2) is 15.8. The fourth-order valence-electron chi connectivity index (χ4n) is 7.58. The summed E-state index contributed by atoms with van der Waals surface area (Å²) < 4.78 is 26.2. The number of esters is 1. The van der Waals surface area contributed by atoms with Crippen LogP contribution in [0.4, 0.5) is 0 Å². The van der Waals surface area contributed by atoms with Crippen molar-refractivity contribution in [2.75, 3.05) is 19.7 Å². The third-order valence-corrected chi connectivity index (χ3v) is 13.4. The summed E-state index contributed by atoms with van der Waals surface area (Å²) in [5.41, 5.74) is 1.80. The van der Waals surface area contributed by atoms with Gasteiger partial charge in [0.2, 0.25) is 11.8 Å². The van der Waals surface area contributed by atoms with Crippen molar-refractivity contribution in [3.8, 4) is 5.75 Å². The molecule has 2 aromatic carbocycles. The molecular weight excluding hydrogens is 713 g/mol. The summed E-state index contributed by atoms with van der Waals surface area (Å²) in [7, 11) is -3.66. The van der Waals surface area contributed by atoms with Gasteiger partial charge in [-0.3, -0.25) is 28.7 Å². The number of ether oxygens (including phenoxy) is 1. The Bertz CT molecular complexity index is 2020. The van der Waals surface area contributed by atoms with Crippen molar-refractivity contribution in [2.24, 2.45) is 0 Å². The maximum atomic E-state index is 14.2. The number of thiophene rings is 1. The number of pyridine rings is 1. The second-order valence-corrected chi connectivity index (χ2v) is 17.2. The topological polar surface area (TPSA) is 147 Å². The van der Waals surface area contributed by atoms with Gasteiger partial charge in [0.1, 0.15) is 23.9 Å². The monoisotopic (exact) mass is 757 g/mol.